The van der Waals surface area contributed by atoms with Gasteiger partial charge in [0.2, 0.25) is 0 Å². The molecule has 3 aromatic rings. The third kappa shape index (κ3) is 1.86. The summed E-state index contributed by atoms with van der Waals surface area (Å²) < 4.78 is 19.1. The fourth-order valence-electron chi connectivity index (χ4n) is 1.85. The van der Waals surface area contributed by atoms with Crippen LogP contribution in [0.2, 0.25) is 5.02 Å². The van der Waals surface area contributed by atoms with Crippen LogP contribution in [0.15, 0.2) is 35.0 Å². The van der Waals surface area contributed by atoms with Crippen LogP contribution >= 0.6 is 11.6 Å². The van der Waals surface area contributed by atoms with Gasteiger partial charge in [-0.3, -0.25) is 5.10 Å². The molecule has 0 amide bonds. The second kappa shape index (κ2) is 4.40. The zero-order valence-electron chi connectivity index (χ0n) is 9.52. The van der Waals surface area contributed by atoms with Crippen molar-refractivity contribution in [3.05, 3.63) is 41.3 Å². The quantitative estimate of drug-likeness (QED) is 0.755. The van der Waals surface area contributed by atoms with Crippen molar-refractivity contribution in [1.29, 1.82) is 0 Å². The van der Waals surface area contributed by atoms with E-state index in [1.54, 1.807) is 18.3 Å². The molecule has 0 aliphatic rings. The van der Waals surface area contributed by atoms with E-state index in [-0.39, 0.29) is 16.4 Å². The van der Waals surface area contributed by atoms with Crippen LogP contribution in [-0.4, -0.2) is 15.4 Å². The fourth-order valence-corrected chi connectivity index (χ4v) is 2.10. The number of hydrogen-bond acceptors (Lipinski definition) is 4. The van der Waals surface area contributed by atoms with E-state index in [0.29, 0.717) is 17.0 Å². The number of benzene rings is 1. The average Bonchev–Trinajstić information content (AvgIpc) is 2.99. The molecule has 0 saturated heterocycles. The van der Waals surface area contributed by atoms with Gasteiger partial charge in [-0.1, -0.05) is 22.8 Å². The lowest BCUT2D eigenvalue weighted by Gasteiger charge is -2.05. The second-order valence-electron chi connectivity index (χ2n) is 3.84. The van der Waals surface area contributed by atoms with E-state index in [4.69, 9.17) is 21.9 Å². The van der Waals surface area contributed by atoms with Gasteiger partial charge in [-0.2, -0.15) is 5.10 Å². The normalized spacial score (nSPS) is 10.8. The fraction of sp³-hybridized carbons (Fsp3) is 0. The highest BCUT2D eigenvalue weighted by atomic mass is 35.5. The number of rotatable bonds is 2. The molecule has 0 saturated carbocycles. The van der Waals surface area contributed by atoms with Gasteiger partial charge in [-0.05, 0) is 18.2 Å². The maximum absolute atomic E-state index is 14.0. The van der Waals surface area contributed by atoms with Gasteiger partial charge in [0.1, 0.15) is 11.5 Å². The summed E-state index contributed by atoms with van der Waals surface area (Å²) in [5, 5.41) is 10.4. The SMILES string of the molecule is Nc1noc(-c2ccn[nH]2)c1-c1c(F)cccc1Cl. The predicted molar refractivity (Wildman–Crippen MR) is 68.9 cm³/mol. The molecule has 0 aliphatic carbocycles. The van der Waals surface area contributed by atoms with Crippen molar-refractivity contribution in [1.82, 2.24) is 15.4 Å². The lowest BCUT2D eigenvalue weighted by Crippen LogP contribution is -1.92. The predicted octanol–water partition coefficient (Wildman–Crippen LogP) is 3.11. The lowest BCUT2D eigenvalue weighted by molar-refractivity contribution is 0.434. The Morgan fingerprint density at radius 2 is 2.11 bits per heavy atom. The summed E-state index contributed by atoms with van der Waals surface area (Å²) in [6.45, 7) is 0. The van der Waals surface area contributed by atoms with Crippen molar-refractivity contribution in [2.24, 2.45) is 0 Å². The van der Waals surface area contributed by atoms with Crippen LogP contribution in [0.1, 0.15) is 0 Å². The molecule has 0 fully saturated rings. The highest BCUT2D eigenvalue weighted by Gasteiger charge is 2.23. The molecule has 3 N–H and O–H groups in total. The number of aromatic nitrogens is 3. The van der Waals surface area contributed by atoms with E-state index in [1.807, 2.05) is 0 Å². The molecule has 2 heterocycles. The van der Waals surface area contributed by atoms with Crippen LogP contribution in [0.3, 0.4) is 0 Å². The average molecular weight is 279 g/mol. The van der Waals surface area contributed by atoms with Gasteiger partial charge in [0.25, 0.3) is 0 Å². The Balaban J connectivity index is 2.29. The van der Waals surface area contributed by atoms with Crippen molar-refractivity contribution >= 4 is 17.4 Å². The molecule has 7 heteroatoms. The number of nitrogens with zero attached hydrogens (tertiary/aromatic N) is 2. The van der Waals surface area contributed by atoms with Gasteiger partial charge in [0.05, 0.1) is 10.6 Å². The number of H-pyrrole nitrogens is 1. The van der Waals surface area contributed by atoms with E-state index in [1.165, 1.54) is 12.1 Å². The molecule has 0 atom stereocenters. The number of nitrogens with two attached hydrogens (primary N) is 1. The van der Waals surface area contributed by atoms with Gasteiger partial charge >= 0.3 is 0 Å². The van der Waals surface area contributed by atoms with Gasteiger partial charge in [-0.15, -0.1) is 0 Å². The van der Waals surface area contributed by atoms with Gasteiger partial charge in [0, 0.05) is 11.8 Å². The Labute approximate surface area is 112 Å². The van der Waals surface area contributed by atoms with E-state index in [2.05, 4.69) is 15.4 Å². The molecule has 2 aromatic heterocycles. The van der Waals surface area contributed by atoms with Crippen molar-refractivity contribution < 1.29 is 8.91 Å². The first-order valence-corrected chi connectivity index (χ1v) is 5.75. The lowest BCUT2D eigenvalue weighted by atomic mass is 10.0. The van der Waals surface area contributed by atoms with Gasteiger partial charge in [-0.25, -0.2) is 4.39 Å². The molecule has 0 bridgehead atoms. The standard InChI is InChI=1S/C12H8ClFN4O/c13-6-2-1-3-7(14)9(6)10-11(19-18-12(10)15)8-4-5-16-17-8/h1-5H,(H2,15,18)(H,16,17). The number of aromatic amines is 1. The summed E-state index contributed by atoms with van der Waals surface area (Å²) in [6, 6.07) is 6.05. The zero-order valence-corrected chi connectivity index (χ0v) is 10.3. The first kappa shape index (κ1) is 11.7. The minimum absolute atomic E-state index is 0.0663. The van der Waals surface area contributed by atoms with Crippen molar-refractivity contribution in [2.45, 2.75) is 0 Å². The molecular weight excluding hydrogens is 271 g/mol. The molecule has 0 radical (unpaired) electrons. The minimum atomic E-state index is -0.497. The van der Waals surface area contributed by atoms with E-state index in [9.17, 15) is 4.39 Å². The van der Waals surface area contributed by atoms with Crippen molar-refractivity contribution in [3.63, 3.8) is 0 Å². The number of halogens is 2. The summed E-state index contributed by atoms with van der Waals surface area (Å²) in [5.74, 6) is -0.137. The Hall–Kier alpha value is -2.34. The number of anilines is 1. The summed E-state index contributed by atoms with van der Waals surface area (Å²) in [7, 11) is 0. The van der Waals surface area contributed by atoms with Crippen LogP contribution in [0.5, 0.6) is 0 Å². The number of hydrogen-bond donors (Lipinski definition) is 2. The summed E-state index contributed by atoms with van der Waals surface area (Å²) in [5.41, 5.74) is 6.77. The molecule has 19 heavy (non-hydrogen) atoms. The molecule has 96 valence electrons. The smallest absolute Gasteiger partial charge is 0.194 e. The van der Waals surface area contributed by atoms with Gasteiger partial charge in [0.15, 0.2) is 11.6 Å². The Kier molecular flexibility index (Phi) is 2.72. The Morgan fingerprint density at radius 3 is 2.79 bits per heavy atom. The van der Waals surface area contributed by atoms with Crippen LogP contribution in [0, 0.1) is 5.82 Å². The minimum Gasteiger partial charge on any atom is -0.380 e. The van der Waals surface area contributed by atoms with Crippen molar-refractivity contribution in [2.75, 3.05) is 5.73 Å². The topological polar surface area (TPSA) is 80.7 Å². The monoisotopic (exact) mass is 278 g/mol. The zero-order chi connectivity index (χ0) is 13.4. The highest BCUT2D eigenvalue weighted by molar-refractivity contribution is 6.33. The summed E-state index contributed by atoms with van der Waals surface area (Å²) >= 11 is 6.04. The van der Waals surface area contributed by atoms with Crippen LogP contribution in [0.25, 0.3) is 22.6 Å². The second-order valence-corrected chi connectivity index (χ2v) is 4.25. The number of nitrogen functional groups attached to an aromatic ring is 1. The van der Waals surface area contributed by atoms with Crippen LogP contribution in [-0.2, 0) is 0 Å². The molecule has 3 rings (SSSR count). The highest BCUT2D eigenvalue weighted by Crippen LogP contribution is 2.40. The Morgan fingerprint density at radius 1 is 1.26 bits per heavy atom. The molecule has 5 nitrogen and oxygen atoms in total. The van der Waals surface area contributed by atoms with E-state index in [0.717, 1.165) is 0 Å². The van der Waals surface area contributed by atoms with E-state index < -0.39 is 5.82 Å². The Bertz CT molecular complexity index is 703. The van der Waals surface area contributed by atoms with Crippen molar-refractivity contribution in [3.8, 4) is 22.6 Å². The third-order valence-corrected chi connectivity index (χ3v) is 2.99. The maximum Gasteiger partial charge on any atom is 0.194 e. The molecular formula is C12H8ClFN4O. The van der Waals surface area contributed by atoms with E-state index >= 15 is 0 Å². The molecule has 0 spiro atoms. The summed E-state index contributed by atoms with van der Waals surface area (Å²) in [4.78, 5) is 0. The number of nitrogens with one attached hydrogen (secondary N) is 1. The van der Waals surface area contributed by atoms with Crippen LogP contribution < -0.4 is 5.73 Å². The van der Waals surface area contributed by atoms with Crippen LogP contribution in [0.4, 0.5) is 10.2 Å². The molecule has 0 aliphatic heterocycles. The first-order chi connectivity index (χ1) is 9.18. The molecule has 1 aromatic carbocycles. The summed E-state index contributed by atoms with van der Waals surface area (Å²) in [6.07, 6.45) is 1.54. The molecule has 0 unspecified atom stereocenters. The maximum atomic E-state index is 14.0. The third-order valence-electron chi connectivity index (χ3n) is 2.68. The first-order valence-electron chi connectivity index (χ1n) is 5.37. The largest absolute Gasteiger partial charge is 0.380 e. The van der Waals surface area contributed by atoms with Gasteiger partial charge < -0.3 is 10.3 Å².